The number of benzene rings is 3. The van der Waals surface area contributed by atoms with Crippen molar-refractivity contribution in [1.29, 1.82) is 0 Å². The number of fused-ring (bicyclic) bond motifs is 1. The monoisotopic (exact) mass is 672 g/mol. The van der Waals surface area contributed by atoms with E-state index in [2.05, 4.69) is 35.4 Å². The largest absolute Gasteiger partial charge is 0.446 e. The summed E-state index contributed by atoms with van der Waals surface area (Å²) < 4.78 is 5.17. The minimum atomic E-state index is -0.918. The number of terminal acetylenes is 1. The number of anilines is 2. The maximum atomic E-state index is 12.8. The quantitative estimate of drug-likeness (QED) is 0.142. The van der Waals surface area contributed by atoms with Gasteiger partial charge in [-0.1, -0.05) is 62.2 Å². The molecule has 11 nitrogen and oxygen atoms in total. The Bertz CT molecular complexity index is 1650. The zero-order valence-corrected chi connectivity index (χ0v) is 28.6. The van der Waals surface area contributed by atoms with Crippen LogP contribution in [-0.4, -0.2) is 65.7 Å². The number of rotatable bonds is 9. The second-order valence-corrected chi connectivity index (χ2v) is 11.0. The van der Waals surface area contributed by atoms with Gasteiger partial charge in [-0.25, -0.2) is 4.79 Å². The Balaban J connectivity index is 0.000000956. The SMILES string of the molecule is C#C.C=O.CC1CC1.CCO.Cc1ccc(NC(=O)OC[C@H](O)c2ccccc2)cc1CN(C)C(=O)CNc1ccc2cc[nH]c(=O)c2c1. The van der Waals surface area contributed by atoms with Gasteiger partial charge in [-0.3, -0.25) is 14.9 Å². The summed E-state index contributed by atoms with van der Waals surface area (Å²) in [6, 6.07) is 21.5. The highest BCUT2D eigenvalue weighted by Crippen LogP contribution is 2.26. The Hall–Kier alpha value is -5.44. The van der Waals surface area contributed by atoms with E-state index in [9.17, 15) is 19.5 Å². The number of nitrogens with one attached hydrogen (secondary N) is 3. The molecule has 0 saturated heterocycles. The first kappa shape index (κ1) is 41.6. The predicted molar refractivity (Wildman–Crippen MR) is 195 cm³/mol. The number of aryl methyl sites for hydroxylation is 1. The van der Waals surface area contributed by atoms with Crippen molar-refractivity contribution in [3.05, 3.63) is 106 Å². The van der Waals surface area contributed by atoms with Crippen molar-refractivity contribution in [2.75, 3.05) is 37.4 Å². The molecule has 3 aromatic carbocycles. The number of hydrogen-bond donors (Lipinski definition) is 5. The molecular formula is C38H48N4O7. The van der Waals surface area contributed by atoms with Gasteiger partial charge in [0, 0.05) is 43.2 Å². The van der Waals surface area contributed by atoms with Gasteiger partial charge >= 0.3 is 6.09 Å². The van der Waals surface area contributed by atoms with Gasteiger partial charge in [0.15, 0.2) is 0 Å². The third-order valence-corrected chi connectivity index (χ3v) is 7.07. The van der Waals surface area contributed by atoms with E-state index >= 15 is 0 Å². The summed E-state index contributed by atoms with van der Waals surface area (Å²) in [5.74, 6) is 0.944. The van der Waals surface area contributed by atoms with Crippen LogP contribution >= 0.6 is 0 Å². The van der Waals surface area contributed by atoms with Gasteiger partial charge in [0.05, 0.1) is 6.54 Å². The fraction of sp³-hybridized carbons (Fsp3) is 0.316. The highest BCUT2D eigenvalue weighted by Gasteiger charge is 2.14. The molecule has 1 atom stereocenters. The molecule has 1 saturated carbocycles. The number of carbonyl (C=O) groups is 3. The number of pyridine rings is 1. The summed E-state index contributed by atoms with van der Waals surface area (Å²) in [6.45, 7) is 8.35. The minimum absolute atomic E-state index is 0.0554. The molecule has 11 heteroatoms. The summed E-state index contributed by atoms with van der Waals surface area (Å²) in [7, 11) is 1.70. The van der Waals surface area contributed by atoms with Crippen LogP contribution in [0.5, 0.6) is 0 Å². The highest BCUT2D eigenvalue weighted by atomic mass is 16.6. The Morgan fingerprint density at radius 3 is 2.27 bits per heavy atom. The number of aliphatic hydroxyl groups is 2. The van der Waals surface area contributed by atoms with Gasteiger partial charge in [-0.05, 0) is 72.2 Å². The zero-order chi connectivity index (χ0) is 36.8. The van der Waals surface area contributed by atoms with Crippen molar-refractivity contribution in [3.63, 3.8) is 0 Å². The van der Waals surface area contributed by atoms with E-state index in [4.69, 9.17) is 14.6 Å². The number of likely N-dealkylation sites (N-methyl/N-ethyl adjacent to an activating group) is 1. The standard InChI is InChI=1S/C29H30N4O5.C4H8.C2H6O.C2H2.CH2O/c1-19-8-10-24(32-29(37)38-18-26(34)21-6-4-3-5-7-21)14-22(19)17-33(2)27(35)16-31-23-11-9-20-12-13-30-28(36)25(20)15-23;1-4-2-3-4;1-2-3;2*1-2/h3-15,26,31,34H,16-18H2,1-2H3,(H,30,36)(H,32,37);4H,2-3H2,1H3;3H,2H2,1H3;1-2H;1H2/t26-;;;;/m0..../s1. The van der Waals surface area contributed by atoms with Crippen molar-refractivity contribution < 1.29 is 29.3 Å². The average Bonchev–Trinajstić information content (AvgIpc) is 3.92. The first-order chi connectivity index (χ1) is 23.6. The molecule has 2 amide bonds. The molecule has 1 aromatic heterocycles. The van der Waals surface area contributed by atoms with Crippen molar-refractivity contribution in [3.8, 4) is 12.8 Å². The Kier molecular flexibility index (Phi) is 19.5. The van der Waals surface area contributed by atoms with Gasteiger partial charge in [0.2, 0.25) is 5.91 Å². The number of amides is 2. The normalized spacial score (nSPS) is 11.6. The summed E-state index contributed by atoms with van der Waals surface area (Å²) in [5, 5.41) is 24.9. The Morgan fingerprint density at radius 1 is 1.04 bits per heavy atom. The van der Waals surface area contributed by atoms with Gasteiger partial charge in [-0.15, -0.1) is 12.8 Å². The van der Waals surface area contributed by atoms with Crippen LogP contribution < -0.4 is 16.2 Å². The Labute approximate surface area is 288 Å². The lowest BCUT2D eigenvalue weighted by molar-refractivity contribution is -0.128. The van der Waals surface area contributed by atoms with Crippen molar-refractivity contribution in [1.82, 2.24) is 9.88 Å². The second-order valence-electron chi connectivity index (χ2n) is 11.0. The fourth-order valence-electron chi connectivity index (χ4n) is 4.12. The smallest absolute Gasteiger partial charge is 0.411 e. The molecule has 4 aromatic rings. The van der Waals surface area contributed by atoms with Crippen LogP contribution in [0.4, 0.5) is 16.2 Å². The molecular weight excluding hydrogens is 624 g/mol. The number of carbonyl (C=O) groups excluding carboxylic acids is 3. The molecule has 5 rings (SSSR count). The third kappa shape index (κ3) is 15.3. The lowest BCUT2D eigenvalue weighted by atomic mass is 10.1. The van der Waals surface area contributed by atoms with Crippen LogP contribution in [0.25, 0.3) is 10.8 Å². The van der Waals surface area contributed by atoms with E-state index in [1.165, 1.54) is 12.8 Å². The van der Waals surface area contributed by atoms with E-state index in [1.54, 1.807) is 67.5 Å². The van der Waals surface area contributed by atoms with Gasteiger partial charge < -0.3 is 34.9 Å². The van der Waals surface area contributed by atoms with E-state index in [-0.39, 0.29) is 31.2 Å². The number of aromatic nitrogens is 1. The summed E-state index contributed by atoms with van der Waals surface area (Å²) in [6.07, 6.45) is 11.0. The number of H-pyrrole nitrogens is 1. The zero-order valence-electron chi connectivity index (χ0n) is 28.6. The summed E-state index contributed by atoms with van der Waals surface area (Å²) >= 11 is 0. The molecule has 1 fully saturated rings. The Morgan fingerprint density at radius 2 is 1.65 bits per heavy atom. The molecule has 0 bridgehead atoms. The van der Waals surface area contributed by atoms with E-state index in [0.29, 0.717) is 28.9 Å². The molecule has 0 unspecified atom stereocenters. The molecule has 5 N–H and O–H groups in total. The number of hydrogen-bond acceptors (Lipinski definition) is 8. The summed E-state index contributed by atoms with van der Waals surface area (Å²) in [5.41, 5.74) is 3.49. The molecule has 1 heterocycles. The average molecular weight is 673 g/mol. The molecule has 0 radical (unpaired) electrons. The molecule has 1 aliphatic rings. The van der Waals surface area contributed by atoms with Gasteiger partial charge in [0.25, 0.3) is 5.56 Å². The molecule has 262 valence electrons. The van der Waals surface area contributed by atoms with Crippen LogP contribution in [0.15, 0.2) is 83.8 Å². The number of aliphatic hydroxyl groups excluding tert-OH is 2. The summed E-state index contributed by atoms with van der Waals surface area (Å²) in [4.78, 5) is 49.3. The lowest BCUT2D eigenvalue weighted by Crippen LogP contribution is -2.32. The predicted octanol–water partition coefficient (Wildman–Crippen LogP) is 5.67. The van der Waals surface area contributed by atoms with Crippen molar-refractivity contribution >= 4 is 40.9 Å². The molecule has 1 aliphatic carbocycles. The van der Waals surface area contributed by atoms with Crippen LogP contribution in [0.2, 0.25) is 0 Å². The minimum Gasteiger partial charge on any atom is -0.446 e. The fourth-order valence-corrected chi connectivity index (χ4v) is 4.12. The van der Waals surface area contributed by atoms with Crippen LogP contribution in [0, 0.1) is 25.7 Å². The van der Waals surface area contributed by atoms with E-state index < -0.39 is 12.2 Å². The van der Waals surface area contributed by atoms with Gasteiger partial charge in [-0.2, -0.15) is 0 Å². The molecule has 0 aliphatic heterocycles. The first-order valence-electron chi connectivity index (χ1n) is 15.7. The lowest BCUT2D eigenvalue weighted by Gasteiger charge is -2.20. The van der Waals surface area contributed by atoms with E-state index in [1.807, 2.05) is 44.0 Å². The topological polar surface area (TPSA) is 161 Å². The number of nitrogens with zero attached hydrogens (tertiary/aromatic N) is 1. The van der Waals surface area contributed by atoms with Crippen LogP contribution in [0.1, 0.15) is 49.5 Å². The maximum absolute atomic E-state index is 12.8. The number of ether oxygens (including phenoxy) is 1. The van der Waals surface area contributed by atoms with Gasteiger partial charge in [0.1, 0.15) is 19.5 Å². The second kappa shape index (κ2) is 23.0. The maximum Gasteiger partial charge on any atom is 0.411 e. The van der Waals surface area contributed by atoms with Crippen LogP contribution in [0.3, 0.4) is 0 Å². The van der Waals surface area contributed by atoms with Crippen molar-refractivity contribution in [2.45, 2.75) is 46.3 Å². The van der Waals surface area contributed by atoms with E-state index in [0.717, 1.165) is 22.4 Å². The molecule has 0 spiro atoms. The van der Waals surface area contributed by atoms with Crippen molar-refractivity contribution in [2.24, 2.45) is 5.92 Å². The third-order valence-electron chi connectivity index (χ3n) is 7.07. The highest BCUT2D eigenvalue weighted by molar-refractivity contribution is 5.87. The van der Waals surface area contributed by atoms with Crippen LogP contribution in [-0.2, 0) is 20.9 Å². The first-order valence-corrected chi connectivity index (χ1v) is 15.7. The number of aromatic amines is 1. The molecule has 49 heavy (non-hydrogen) atoms.